The molecule has 1 aromatic carbocycles. The third-order valence-electron chi connectivity index (χ3n) is 3.44. The summed E-state index contributed by atoms with van der Waals surface area (Å²) in [6, 6.07) is 5.13. The fourth-order valence-electron chi connectivity index (χ4n) is 2.50. The smallest absolute Gasteiger partial charge is 0.235 e. The van der Waals surface area contributed by atoms with E-state index in [1.165, 1.54) is 11.8 Å². The zero-order valence-corrected chi connectivity index (χ0v) is 13.1. The topological polar surface area (TPSA) is 67.1 Å². The van der Waals surface area contributed by atoms with Gasteiger partial charge >= 0.3 is 0 Å². The van der Waals surface area contributed by atoms with Gasteiger partial charge in [-0.05, 0) is 24.6 Å². The maximum absolute atomic E-state index is 11.9. The van der Waals surface area contributed by atoms with Gasteiger partial charge in [0.05, 0.1) is 21.7 Å². The first-order valence-corrected chi connectivity index (χ1v) is 7.83. The molecular formula is C14H14ClN3O2S. The second-order valence-electron chi connectivity index (χ2n) is 4.92. The van der Waals surface area contributed by atoms with Crippen molar-refractivity contribution in [1.29, 1.82) is 0 Å². The molecular weight excluding hydrogens is 310 g/mol. The lowest BCUT2D eigenvalue weighted by Crippen LogP contribution is -2.15. The van der Waals surface area contributed by atoms with Gasteiger partial charge in [-0.2, -0.15) is 5.10 Å². The number of hydrogen-bond acceptors (Lipinski definition) is 4. The van der Waals surface area contributed by atoms with Crippen LogP contribution in [0.1, 0.15) is 22.1 Å². The first-order valence-electron chi connectivity index (χ1n) is 6.40. The van der Waals surface area contributed by atoms with Crippen molar-refractivity contribution >= 4 is 35.1 Å². The number of carbonyl (C=O) groups is 1. The maximum atomic E-state index is 11.9. The van der Waals surface area contributed by atoms with E-state index in [0.29, 0.717) is 10.8 Å². The number of aromatic hydroxyl groups is 1. The Balaban J connectivity index is 2.14. The highest BCUT2D eigenvalue weighted by Crippen LogP contribution is 2.44. The molecule has 1 aliphatic heterocycles. The minimum Gasteiger partial charge on any atom is -0.506 e. The number of fused-ring (bicyclic) bond motifs is 1. The van der Waals surface area contributed by atoms with E-state index in [9.17, 15) is 9.90 Å². The molecule has 2 N–H and O–H groups in total. The van der Waals surface area contributed by atoms with Crippen LogP contribution in [0, 0.1) is 6.92 Å². The largest absolute Gasteiger partial charge is 0.506 e. The quantitative estimate of drug-likeness (QED) is 0.847. The number of anilines is 1. The van der Waals surface area contributed by atoms with E-state index in [2.05, 4.69) is 10.4 Å². The van der Waals surface area contributed by atoms with E-state index in [1.807, 2.05) is 20.0 Å². The van der Waals surface area contributed by atoms with E-state index in [1.54, 1.807) is 16.8 Å². The number of halogens is 1. The zero-order valence-electron chi connectivity index (χ0n) is 11.6. The summed E-state index contributed by atoms with van der Waals surface area (Å²) in [6.07, 6.45) is 0. The van der Waals surface area contributed by atoms with Crippen molar-refractivity contribution in [3.8, 4) is 5.75 Å². The summed E-state index contributed by atoms with van der Waals surface area (Å²) in [6.45, 7) is 1.92. The summed E-state index contributed by atoms with van der Waals surface area (Å²) >= 11 is 7.54. The molecule has 1 amide bonds. The van der Waals surface area contributed by atoms with Gasteiger partial charge in [-0.15, -0.1) is 11.8 Å². The van der Waals surface area contributed by atoms with E-state index in [0.717, 1.165) is 22.6 Å². The monoisotopic (exact) mass is 323 g/mol. The third-order valence-corrected chi connectivity index (χ3v) is 5.02. The van der Waals surface area contributed by atoms with Crippen LogP contribution in [0.25, 0.3) is 0 Å². The molecule has 110 valence electrons. The minimum atomic E-state index is -0.0502. The van der Waals surface area contributed by atoms with Crippen LogP contribution >= 0.6 is 23.4 Å². The predicted molar refractivity (Wildman–Crippen MR) is 84.0 cm³/mol. The van der Waals surface area contributed by atoms with Crippen LogP contribution in [0.15, 0.2) is 18.2 Å². The Labute approximate surface area is 131 Å². The summed E-state index contributed by atoms with van der Waals surface area (Å²) in [5, 5.41) is 17.1. The number of hydrogen-bond donors (Lipinski definition) is 2. The lowest BCUT2D eigenvalue weighted by Gasteiger charge is -2.15. The second-order valence-corrected chi connectivity index (χ2v) is 6.42. The van der Waals surface area contributed by atoms with Crippen molar-refractivity contribution in [1.82, 2.24) is 9.78 Å². The number of aromatic nitrogens is 2. The van der Waals surface area contributed by atoms with Gasteiger partial charge in [0.1, 0.15) is 11.6 Å². The number of thioether (sulfide) groups is 1. The van der Waals surface area contributed by atoms with Gasteiger partial charge in [0, 0.05) is 12.6 Å². The van der Waals surface area contributed by atoms with Gasteiger partial charge in [0.25, 0.3) is 0 Å². The summed E-state index contributed by atoms with van der Waals surface area (Å²) < 4.78 is 1.68. The molecule has 0 radical (unpaired) electrons. The maximum Gasteiger partial charge on any atom is 0.235 e. The normalized spacial score (nSPS) is 18.0. The van der Waals surface area contributed by atoms with Crippen LogP contribution in [-0.2, 0) is 11.8 Å². The molecule has 3 rings (SSSR count). The average Bonchev–Trinajstić information content (AvgIpc) is 2.61. The van der Waals surface area contributed by atoms with Crippen LogP contribution in [0.3, 0.4) is 0 Å². The first kappa shape index (κ1) is 14.3. The highest BCUT2D eigenvalue weighted by atomic mass is 35.5. The van der Waals surface area contributed by atoms with Crippen molar-refractivity contribution in [2.75, 3.05) is 11.1 Å². The van der Waals surface area contributed by atoms with Gasteiger partial charge in [-0.1, -0.05) is 17.7 Å². The molecule has 0 fully saturated rings. The van der Waals surface area contributed by atoms with E-state index in [4.69, 9.17) is 11.6 Å². The van der Waals surface area contributed by atoms with Gasteiger partial charge in [0.2, 0.25) is 5.91 Å². The molecule has 7 heteroatoms. The molecule has 1 atom stereocenters. The lowest BCUT2D eigenvalue weighted by molar-refractivity contribution is -0.113. The molecule has 0 spiro atoms. The Bertz CT molecular complexity index is 729. The van der Waals surface area contributed by atoms with Crippen molar-refractivity contribution in [2.45, 2.75) is 12.2 Å². The fourth-order valence-corrected chi connectivity index (χ4v) is 3.86. The summed E-state index contributed by atoms with van der Waals surface area (Å²) in [5.74, 6) is 1.08. The standard InChI is InChI=1S/C14H14ClN3O2S/c1-7-12-13(8-3-4-10(19)9(15)5-8)21-6-11(20)16-14(12)18(2)17-7/h3-5,13,19H,6H2,1-2H3,(H,16,20)/t13-/m1/s1. The third kappa shape index (κ3) is 2.49. The number of nitrogens with zero attached hydrogens (tertiary/aromatic N) is 2. The molecule has 0 unspecified atom stereocenters. The summed E-state index contributed by atoms with van der Waals surface area (Å²) in [7, 11) is 1.81. The SMILES string of the molecule is Cc1nn(C)c2c1[C@@H](c1ccc(O)c(Cl)c1)SCC(=O)N2. The molecule has 5 nitrogen and oxygen atoms in total. The van der Waals surface area contributed by atoms with Gasteiger partial charge in [0.15, 0.2) is 0 Å². The Morgan fingerprint density at radius 1 is 1.52 bits per heavy atom. The van der Waals surface area contributed by atoms with Crippen molar-refractivity contribution in [3.63, 3.8) is 0 Å². The molecule has 0 bridgehead atoms. The van der Waals surface area contributed by atoms with Crippen molar-refractivity contribution in [2.24, 2.45) is 7.05 Å². The minimum absolute atomic E-state index is 0.0448. The van der Waals surface area contributed by atoms with Gasteiger partial charge < -0.3 is 10.4 Å². The Morgan fingerprint density at radius 3 is 3.00 bits per heavy atom. The first-order chi connectivity index (χ1) is 9.97. The van der Waals surface area contributed by atoms with E-state index in [-0.39, 0.29) is 16.9 Å². The molecule has 0 aliphatic carbocycles. The van der Waals surface area contributed by atoms with Crippen LogP contribution in [-0.4, -0.2) is 26.5 Å². The Kier molecular flexibility index (Phi) is 3.59. The summed E-state index contributed by atoms with van der Waals surface area (Å²) in [5.41, 5.74) is 2.79. The fraction of sp³-hybridized carbons (Fsp3) is 0.286. The number of carbonyl (C=O) groups excluding carboxylic acids is 1. The molecule has 2 aromatic rings. The number of benzene rings is 1. The predicted octanol–water partition coefficient (Wildman–Crippen LogP) is 2.86. The highest BCUT2D eigenvalue weighted by Gasteiger charge is 2.29. The molecule has 2 heterocycles. The molecule has 1 aliphatic rings. The van der Waals surface area contributed by atoms with Gasteiger partial charge in [-0.3, -0.25) is 9.48 Å². The van der Waals surface area contributed by atoms with Crippen molar-refractivity contribution in [3.05, 3.63) is 40.0 Å². The van der Waals surface area contributed by atoms with E-state index >= 15 is 0 Å². The second kappa shape index (κ2) is 5.27. The lowest BCUT2D eigenvalue weighted by atomic mass is 10.0. The van der Waals surface area contributed by atoms with E-state index < -0.39 is 0 Å². The van der Waals surface area contributed by atoms with Crippen LogP contribution < -0.4 is 5.32 Å². The van der Waals surface area contributed by atoms with Crippen LogP contribution in [0.5, 0.6) is 5.75 Å². The molecule has 0 saturated heterocycles. The van der Waals surface area contributed by atoms with Gasteiger partial charge in [-0.25, -0.2) is 0 Å². The zero-order chi connectivity index (χ0) is 15.1. The number of phenols is 1. The average molecular weight is 324 g/mol. The highest BCUT2D eigenvalue weighted by molar-refractivity contribution is 8.00. The van der Waals surface area contributed by atoms with Crippen LogP contribution in [0.4, 0.5) is 5.82 Å². The Morgan fingerprint density at radius 2 is 2.29 bits per heavy atom. The van der Waals surface area contributed by atoms with Crippen LogP contribution in [0.2, 0.25) is 5.02 Å². The molecule has 0 saturated carbocycles. The summed E-state index contributed by atoms with van der Waals surface area (Å²) in [4.78, 5) is 11.9. The van der Waals surface area contributed by atoms with Crippen molar-refractivity contribution < 1.29 is 9.90 Å². The molecule has 1 aromatic heterocycles. The number of rotatable bonds is 1. The number of nitrogens with one attached hydrogen (secondary N) is 1. The number of amides is 1. The Hall–Kier alpha value is -1.66. The number of phenolic OH excluding ortho intramolecular Hbond substituents is 1. The molecule has 21 heavy (non-hydrogen) atoms. The number of aryl methyl sites for hydroxylation is 2.